The maximum absolute atomic E-state index is 13.7. The molecule has 0 fully saturated rings. The molecule has 2 rings (SSSR count). The van der Waals surface area contributed by atoms with Crippen LogP contribution in [0.4, 0.5) is 4.39 Å². The van der Waals surface area contributed by atoms with E-state index in [0.29, 0.717) is 12.2 Å². The Hall–Kier alpha value is -2.13. The molecule has 1 unspecified atom stereocenters. The maximum Gasteiger partial charge on any atom is 0.129 e. The molecule has 0 spiro atoms. The van der Waals surface area contributed by atoms with Crippen molar-refractivity contribution in [2.24, 2.45) is 0 Å². The molecule has 0 aliphatic rings. The first-order valence-electron chi connectivity index (χ1n) is 6.36. The summed E-state index contributed by atoms with van der Waals surface area (Å²) in [5.41, 5.74) is 1.49. The second-order valence-corrected chi connectivity index (χ2v) is 4.34. The van der Waals surface area contributed by atoms with Crippen LogP contribution in [-0.2, 0) is 11.3 Å². The van der Waals surface area contributed by atoms with Crippen molar-refractivity contribution in [3.63, 3.8) is 0 Å². The second kappa shape index (κ2) is 6.87. The van der Waals surface area contributed by atoms with Gasteiger partial charge >= 0.3 is 0 Å². The Bertz CT molecular complexity index is 563. The van der Waals surface area contributed by atoms with E-state index in [0.717, 1.165) is 11.3 Å². The van der Waals surface area contributed by atoms with E-state index in [-0.39, 0.29) is 5.82 Å². The van der Waals surface area contributed by atoms with Crippen LogP contribution in [0.5, 0.6) is 5.75 Å². The molecular weight excluding hydrogens is 255 g/mol. The summed E-state index contributed by atoms with van der Waals surface area (Å²) in [5.74, 6) is 0.509. The van der Waals surface area contributed by atoms with Crippen LogP contribution in [0.15, 0.2) is 61.2 Å². The molecule has 0 aliphatic heterocycles. The summed E-state index contributed by atoms with van der Waals surface area (Å²) >= 11 is 0. The van der Waals surface area contributed by atoms with Crippen LogP contribution >= 0.6 is 0 Å². The van der Waals surface area contributed by atoms with E-state index in [1.54, 1.807) is 31.4 Å². The van der Waals surface area contributed by atoms with E-state index >= 15 is 0 Å². The van der Waals surface area contributed by atoms with Crippen molar-refractivity contribution in [3.05, 3.63) is 78.1 Å². The highest BCUT2D eigenvalue weighted by Crippen LogP contribution is 2.23. The highest BCUT2D eigenvalue weighted by molar-refractivity contribution is 5.27. The molecule has 2 nitrogen and oxygen atoms in total. The van der Waals surface area contributed by atoms with Crippen molar-refractivity contribution in [2.45, 2.75) is 12.7 Å². The molecule has 0 aromatic heterocycles. The van der Waals surface area contributed by atoms with E-state index in [4.69, 9.17) is 9.47 Å². The zero-order valence-corrected chi connectivity index (χ0v) is 11.4. The average molecular weight is 272 g/mol. The summed E-state index contributed by atoms with van der Waals surface area (Å²) in [5, 5.41) is 0. The monoisotopic (exact) mass is 272 g/mol. The summed E-state index contributed by atoms with van der Waals surface area (Å²) in [6.45, 7) is 4.09. The molecule has 2 aromatic carbocycles. The van der Waals surface area contributed by atoms with Crippen molar-refractivity contribution >= 4 is 0 Å². The van der Waals surface area contributed by atoms with Crippen molar-refractivity contribution in [1.82, 2.24) is 0 Å². The van der Waals surface area contributed by atoms with E-state index in [1.807, 2.05) is 24.3 Å². The quantitative estimate of drug-likeness (QED) is 0.731. The third-order valence-electron chi connectivity index (χ3n) is 3.01. The number of hydrogen-bond donors (Lipinski definition) is 0. The fraction of sp³-hybridized carbons (Fsp3) is 0.176. The number of benzene rings is 2. The SMILES string of the molecule is C=CC(OCc1ccc(OC)cc1)c1ccccc1F. The lowest BCUT2D eigenvalue weighted by atomic mass is 10.1. The molecule has 0 amide bonds. The minimum atomic E-state index is -0.460. The largest absolute Gasteiger partial charge is 0.497 e. The molecule has 0 N–H and O–H groups in total. The van der Waals surface area contributed by atoms with Crippen molar-refractivity contribution in [1.29, 1.82) is 0 Å². The van der Waals surface area contributed by atoms with Crippen LogP contribution in [-0.4, -0.2) is 7.11 Å². The molecule has 3 heteroatoms. The van der Waals surface area contributed by atoms with E-state index in [1.165, 1.54) is 6.07 Å². The number of ether oxygens (including phenoxy) is 2. The number of hydrogen-bond acceptors (Lipinski definition) is 2. The Morgan fingerprint density at radius 1 is 1.15 bits per heavy atom. The summed E-state index contributed by atoms with van der Waals surface area (Å²) in [6.07, 6.45) is 1.14. The van der Waals surface area contributed by atoms with Crippen molar-refractivity contribution in [2.75, 3.05) is 7.11 Å². The Kier molecular flexibility index (Phi) is 4.91. The molecule has 0 aliphatic carbocycles. The van der Waals surface area contributed by atoms with Crippen LogP contribution < -0.4 is 4.74 Å². The zero-order chi connectivity index (χ0) is 14.4. The van der Waals surface area contributed by atoms with Gasteiger partial charge in [0.2, 0.25) is 0 Å². The van der Waals surface area contributed by atoms with E-state index < -0.39 is 6.10 Å². The molecule has 0 radical (unpaired) electrons. The first-order valence-corrected chi connectivity index (χ1v) is 6.36. The van der Waals surface area contributed by atoms with Gasteiger partial charge in [-0.25, -0.2) is 4.39 Å². The third kappa shape index (κ3) is 3.45. The predicted molar refractivity (Wildman–Crippen MR) is 77.1 cm³/mol. The van der Waals surface area contributed by atoms with Gasteiger partial charge in [0.15, 0.2) is 0 Å². The molecule has 1 atom stereocenters. The Morgan fingerprint density at radius 3 is 2.45 bits per heavy atom. The molecule has 20 heavy (non-hydrogen) atoms. The van der Waals surface area contributed by atoms with Gasteiger partial charge in [-0.05, 0) is 23.8 Å². The van der Waals surface area contributed by atoms with Gasteiger partial charge in [0.05, 0.1) is 13.7 Å². The summed E-state index contributed by atoms with van der Waals surface area (Å²) in [4.78, 5) is 0. The predicted octanol–water partition coefficient (Wildman–Crippen LogP) is 4.28. The fourth-order valence-corrected chi connectivity index (χ4v) is 1.90. The average Bonchev–Trinajstić information content (AvgIpc) is 2.50. The molecule has 104 valence electrons. The Morgan fingerprint density at radius 2 is 1.85 bits per heavy atom. The lowest BCUT2D eigenvalue weighted by Crippen LogP contribution is -2.04. The number of methoxy groups -OCH3 is 1. The zero-order valence-electron chi connectivity index (χ0n) is 11.4. The minimum Gasteiger partial charge on any atom is -0.497 e. The highest BCUT2D eigenvalue weighted by atomic mass is 19.1. The fourth-order valence-electron chi connectivity index (χ4n) is 1.90. The van der Waals surface area contributed by atoms with Crippen LogP contribution in [0.1, 0.15) is 17.2 Å². The first kappa shape index (κ1) is 14.3. The van der Waals surface area contributed by atoms with E-state index in [9.17, 15) is 4.39 Å². The third-order valence-corrected chi connectivity index (χ3v) is 3.01. The normalized spacial score (nSPS) is 11.9. The number of rotatable bonds is 6. The van der Waals surface area contributed by atoms with Gasteiger partial charge in [-0.2, -0.15) is 0 Å². The number of halogens is 1. The Labute approximate surface area is 118 Å². The maximum atomic E-state index is 13.7. The van der Waals surface area contributed by atoms with Gasteiger partial charge in [-0.15, -0.1) is 6.58 Å². The van der Waals surface area contributed by atoms with Crippen molar-refractivity contribution < 1.29 is 13.9 Å². The van der Waals surface area contributed by atoms with Crippen LogP contribution in [0, 0.1) is 5.82 Å². The van der Waals surface area contributed by atoms with Crippen LogP contribution in [0.25, 0.3) is 0 Å². The van der Waals surface area contributed by atoms with Gasteiger partial charge in [-0.1, -0.05) is 36.4 Å². The molecule has 0 heterocycles. The van der Waals surface area contributed by atoms with Crippen molar-refractivity contribution in [3.8, 4) is 5.75 Å². The lowest BCUT2D eigenvalue weighted by molar-refractivity contribution is 0.0697. The van der Waals surface area contributed by atoms with Gasteiger partial charge in [0, 0.05) is 5.56 Å². The molecule has 2 aromatic rings. The summed E-state index contributed by atoms with van der Waals surface area (Å²) in [6, 6.07) is 14.1. The van der Waals surface area contributed by atoms with Gasteiger partial charge in [0.1, 0.15) is 17.7 Å². The molecule has 0 saturated heterocycles. The van der Waals surface area contributed by atoms with Gasteiger partial charge < -0.3 is 9.47 Å². The standard InChI is InChI=1S/C17H17FO2/c1-3-17(15-6-4-5-7-16(15)18)20-12-13-8-10-14(19-2)11-9-13/h3-11,17H,1,12H2,2H3. The van der Waals surface area contributed by atoms with Gasteiger partial charge in [-0.3, -0.25) is 0 Å². The second-order valence-electron chi connectivity index (χ2n) is 4.34. The van der Waals surface area contributed by atoms with Gasteiger partial charge in [0.25, 0.3) is 0 Å². The Balaban J connectivity index is 2.04. The molecular formula is C17H17FO2. The van der Waals surface area contributed by atoms with Crippen LogP contribution in [0.2, 0.25) is 0 Å². The first-order chi connectivity index (χ1) is 9.74. The minimum absolute atomic E-state index is 0.285. The molecule has 0 saturated carbocycles. The van der Waals surface area contributed by atoms with Crippen LogP contribution in [0.3, 0.4) is 0 Å². The lowest BCUT2D eigenvalue weighted by Gasteiger charge is -2.15. The molecule has 0 bridgehead atoms. The topological polar surface area (TPSA) is 18.5 Å². The van der Waals surface area contributed by atoms with E-state index in [2.05, 4.69) is 6.58 Å². The smallest absolute Gasteiger partial charge is 0.129 e. The summed E-state index contributed by atoms with van der Waals surface area (Å²) in [7, 11) is 1.62. The highest BCUT2D eigenvalue weighted by Gasteiger charge is 2.12. The summed E-state index contributed by atoms with van der Waals surface area (Å²) < 4.78 is 24.5.